The molecule has 0 atom stereocenters. The molecule has 2 rings (SSSR count). The van der Waals surface area contributed by atoms with E-state index in [9.17, 15) is 8.42 Å². The molecule has 0 aromatic heterocycles. The smallest absolute Gasteiger partial charge is 0.242 e. The van der Waals surface area contributed by atoms with Gasteiger partial charge >= 0.3 is 0 Å². The molecule has 0 saturated heterocycles. The maximum Gasteiger partial charge on any atom is 0.242 e. The fourth-order valence-corrected chi connectivity index (χ4v) is 2.43. The van der Waals surface area contributed by atoms with E-state index >= 15 is 0 Å². The Morgan fingerprint density at radius 1 is 1.00 bits per heavy atom. The van der Waals surface area contributed by atoms with Crippen molar-refractivity contribution in [2.75, 3.05) is 9.38 Å². The highest BCUT2D eigenvalue weighted by atomic mass is 79.9. The quantitative estimate of drug-likeness (QED) is 0.828. The summed E-state index contributed by atoms with van der Waals surface area (Å²) in [4.78, 5) is 0. The summed E-state index contributed by atoms with van der Waals surface area (Å²) in [5.41, 5.74) is 1.66. The SMILES string of the molecule is Cc1ccc(Oc2ccc(NS(=O)(=O)CBr)cc2)cc1. The molecule has 106 valence electrons. The van der Waals surface area contributed by atoms with Gasteiger partial charge in [-0.1, -0.05) is 33.6 Å². The fraction of sp³-hybridized carbons (Fsp3) is 0.143. The third kappa shape index (κ3) is 4.25. The van der Waals surface area contributed by atoms with Crippen LogP contribution in [0.1, 0.15) is 5.56 Å². The van der Waals surface area contributed by atoms with E-state index in [0.717, 1.165) is 11.3 Å². The Kier molecular flexibility index (Phi) is 4.67. The summed E-state index contributed by atoms with van der Waals surface area (Å²) in [5.74, 6) is 1.39. The van der Waals surface area contributed by atoms with Crippen molar-refractivity contribution >= 4 is 31.6 Å². The molecule has 0 aliphatic carbocycles. The van der Waals surface area contributed by atoms with Crippen LogP contribution in [0.5, 0.6) is 11.5 Å². The molecule has 2 aromatic carbocycles. The summed E-state index contributed by atoms with van der Waals surface area (Å²) in [6.45, 7) is 2.01. The van der Waals surface area contributed by atoms with E-state index in [4.69, 9.17) is 4.74 Å². The summed E-state index contributed by atoms with van der Waals surface area (Å²) in [6.07, 6.45) is 0. The molecule has 0 heterocycles. The summed E-state index contributed by atoms with van der Waals surface area (Å²) < 4.78 is 30.7. The number of alkyl halides is 1. The summed E-state index contributed by atoms with van der Waals surface area (Å²) in [7, 11) is -3.32. The molecule has 0 bridgehead atoms. The van der Waals surface area contributed by atoms with Crippen molar-refractivity contribution in [1.82, 2.24) is 0 Å². The Hall–Kier alpha value is -1.53. The zero-order chi connectivity index (χ0) is 14.6. The number of hydrogen-bond donors (Lipinski definition) is 1. The Labute approximate surface area is 127 Å². The van der Waals surface area contributed by atoms with Crippen LogP contribution >= 0.6 is 15.9 Å². The van der Waals surface area contributed by atoms with E-state index < -0.39 is 10.0 Å². The lowest BCUT2D eigenvalue weighted by Gasteiger charge is -2.08. The molecular formula is C14H14BrNO3S. The van der Waals surface area contributed by atoms with E-state index in [1.54, 1.807) is 24.3 Å². The van der Waals surface area contributed by atoms with E-state index in [2.05, 4.69) is 20.7 Å². The van der Waals surface area contributed by atoms with Crippen molar-refractivity contribution in [3.63, 3.8) is 0 Å². The van der Waals surface area contributed by atoms with Gasteiger partial charge in [-0.15, -0.1) is 0 Å². The molecule has 0 unspecified atom stereocenters. The highest BCUT2D eigenvalue weighted by molar-refractivity contribution is 9.10. The molecule has 2 aromatic rings. The molecule has 0 radical (unpaired) electrons. The van der Waals surface area contributed by atoms with Crippen LogP contribution in [-0.2, 0) is 10.0 Å². The third-order valence-electron chi connectivity index (χ3n) is 2.53. The van der Waals surface area contributed by atoms with Gasteiger partial charge in [-0.25, -0.2) is 8.42 Å². The predicted molar refractivity (Wildman–Crippen MR) is 84.0 cm³/mol. The maximum absolute atomic E-state index is 11.4. The number of rotatable bonds is 5. The Balaban J connectivity index is 2.07. The van der Waals surface area contributed by atoms with Crippen molar-refractivity contribution in [3.05, 3.63) is 54.1 Å². The lowest BCUT2D eigenvalue weighted by atomic mass is 10.2. The second-order valence-corrected chi connectivity index (χ2v) is 7.29. The first-order valence-corrected chi connectivity index (χ1v) is 8.67. The van der Waals surface area contributed by atoms with Gasteiger partial charge in [0.05, 0.1) is 0 Å². The molecule has 4 nitrogen and oxygen atoms in total. The minimum Gasteiger partial charge on any atom is -0.457 e. The van der Waals surface area contributed by atoms with Gasteiger partial charge in [0, 0.05) is 5.69 Å². The lowest BCUT2D eigenvalue weighted by molar-refractivity contribution is 0.482. The first kappa shape index (κ1) is 14.9. The predicted octanol–water partition coefficient (Wildman–Crippen LogP) is 3.88. The van der Waals surface area contributed by atoms with Gasteiger partial charge < -0.3 is 4.74 Å². The van der Waals surface area contributed by atoms with Crippen LogP contribution in [0.25, 0.3) is 0 Å². The molecule has 0 saturated carbocycles. The lowest BCUT2D eigenvalue weighted by Crippen LogP contribution is -2.12. The number of halogens is 1. The number of aryl methyl sites for hydroxylation is 1. The summed E-state index contributed by atoms with van der Waals surface area (Å²) in [5, 5.41) is 0. The van der Waals surface area contributed by atoms with Crippen LogP contribution in [0.2, 0.25) is 0 Å². The van der Waals surface area contributed by atoms with Gasteiger partial charge in [-0.3, -0.25) is 4.72 Å². The second kappa shape index (κ2) is 6.28. The van der Waals surface area contributed by atoms with Crippen LogP contribution in [0.4, 0.5) is 5.69 Å². The van der Waals surface area contributed by atoms with Gasteiger partial charge in [0.15, 0.2) is 0 Å². The minimum absolute atomic E-state index is 0.137. The van der Waals surface area contributed by atoms with Crippen molar-refractivity contribution in [3.8, 4) is 11.5 Å². The van der Waals surface area contributed by atoms with E-state index in [1.807, 2.05) is 31.2 Å². The zero-order valence-corrected chi connectivity index (χ0v) is 13.2. The summed E-state index contributed by atoms with van der Waals surface area (Å²) in [6, 6.07) is 14.4. The number of anilines is 1. The van der Waals surface area contributed by atoms with Crippen LogP contribution in [0.3, 0.4) is 0 Å². The van der Waals surface area contributed by atoms with Crippen molar-refractivity contribution < 1.29 is 13.2 Å². The first-order valence-electron chi connectivity index (χ1n) is 5.89. The minimum atomic E-state index is -3.32. The van der Waals surface area contributed by atoms with E-state index in [1.165, 1.54) is 0 Å². The molecule has 20 heavy (non-hydrogen) atoms. The molecule has 1 N–H and O–H groups in total. The monoisotopic (exact) mass is 355 g/mol. The van der Waals surface area contributed by atoms with Gasteiger partial charge in [-0.2, -0.15) is 0 Å². The zero-order valence-electron chi connectivity index (χ0n) is 10.8. The van der Waals surface area contributed by atoms with Gasteiger partial charge in [0.25, 0.3) is 0 Å². The van der Waals surface area contributed by atoms with E-state index in [-0.39, 0.29) is 4.66 Å². The highest BCUT2D eigenvalue weighted by Gasteiger charge is 2.07. The number of sulfonamides is 1. The van der Waals surface area contributed by atoms with Crippen molar-refractivity contribution in [1.29, 1.82) is 0 Å². The molecule has 0 aliphatic rings. The third-order valence-corrected chi connectivity index (χ3v) is 5.17. The van der Waals surface area contributed by atoms with Gasteiger partial charge in [-0.05, 0) is 43.3 Å². The standard InChI is InChI=1S/C14H14BrNO3S/c1-11-2-6-13(7-3-11)19-14-8-4-12(5-9-14)16-20(17,18)10-15/h2-9,16H,10H2,1H3. The normalized spacial score (nSPS) is 11.1. The van der Waals surface area contributed by atoms with Crippen LogP contribution < -0.4 is 9.46 Å². The van der Waals surface area contributed by atoms with Crippen LogP contribution in [-0.4, -0.2) is 13.1 Å². The average Bonchev–Trinajstić information content (AvgIpc) is 2.43. The van der Waals surface area contributed by atoms with Crippen LogP contribution in [0.15, 0.2) is 48.5 Å². The Bertz CT molecular complexity index is 667. The average molecular weight is 356 g/mol. The first-order chi connectivity index (χ1) is 9.48. The highest BCUT2D eigenvalue weighted by Crippen LogP contribution is 2.23. The molecule has 0 spiro atoms. The largest absolute Gasteiger partial charge is 0.457 e. The number of nitrogens with one attached hydrogen (secondary N) is 1. The Morgan fingerprint density at radius 2 is 1.50 bits per heavy atom. The number of hydrogen-bond acceptors (Lipinski definition) is 3. The molecule has 0 aliphatic heterocycles. The topological polar surface area (TPSA) is 55.4 Å². The van der Waals surface area contributed by atoms with Crippen LogP contribution in [0, 0.1) is 6.92 Å². The molecule has 0 amide bonds. The molecule has 6 heteroatoms. The maximum atomic E-state index is 11.4. The summed E-state index contributed by atoms with van der Waals surface area (Å²) >= 11 is 2.92. The van der Waals surface area contributed by atoms with Crippen molar-refractivity contribution in [2.24, 2.45) is 0 Å². The number of benzene rings is 2. The van der Waals surface area contributed by atoms with Gasteiger partial charge in [0.1, 0.15) is 16.2 Å². The number of ether oxygens (including phenoxy) is 1. The van der Waals surface area contributed by atoms with Crippen molar-refractivity contribution in [2.45, 2.75) is 6.92 Å². The van der Waals surface area contributed by atoms with Gasteiger partial charge in [0.2, 0.25) is 10.0 Å². The van der Waals surface area contributed by atoms with E-state index in [0.29, 0.717) is 11.4 Å². The molecular weight excluding hydrogens is 342 g/mol. The fourth-order valence-electron chi connectivity index (χ4n) is 1.54. The molecule has 0 fully saturated rings. The Morgan fingerprint density at radius 3 is 2.00 bits per heavy atom. The second-order valence-electron chi connectivity index (χ2n) is 4.27.